The first-order valence-electron chi connectivity index (χ1n) is 23.7. The molecule has 0 radical (unpaired) electrons. The number of para-hydroxylation sites is 1. The Bertz CT molecular complexity index is 3900. The molecule has 0 aliphatic carbocycles. The normalized spacial score (nSPS) is 11.4. The fraction of sp³-hybridized carbons (Fsp3) is 0. The Kier molecular flexibility index (Phi) is 10.1. The smallest absolute Gasteiger partial charge is 0.220 e. The first-order chi connectivity index (χ1) is 34.7. The van der Waals surface area contributed by atoms with Crippen molar-refractivity contribution >= 4 is 27.8 Å². The van der Waals surface area contributed by atoms with Crippen LogP contribution in [0.3, 0.4) is 0 Å². The highest BCUT2D eigenvalue weighted by molar-refractivity contribution is 6.00. The second-order valence-electron chi connectivity index (χ2n) is 17.6. The summed E-state index contributed by atoms with van der Waals surface area (Å²) >= 11 is 0. The molecule has 3 aromatic heterocycles. The zero-order valence-corrected chi connectivity index (χ0v) is 38.1. The summed E-state index contributed by atoms with van der Waals surface area (Å²) in [5, 5.41) is 0. The highest BCUT2D eigenvalue weighted by Gasteiger charge is 2.24. The van der Waals surface area contributed by atoms with Crippen molar-refractivity contribution in [3.8, 4) is 95.2 Å². The predicted octanol–water partition coefficient (Wildman–Crippen LogP) is 16.6. The summed E-state index contributed by atoms with van der Waals surface area (Å²) in [6.45, 7) is 0. The van der Waals surface area contributed by atoms with Crippen LogP contribution >= 0.6 is 0 Å². The van der Waals surface area contributed by atoms with Crippen LogP contribution in [0.4, 0.5) is 0 Å². The van der Waals surface area contributed by atoms with Crippen molar-refractivity contribution in [3.05, 3.63) is 261 Å². The number of nitrogens with zero attached hydrogens (tertiary/aromatic N) is 5. The van der Waals surface area contributed by atoms with E-state index in [0.29, 0.717) is 5.82 Å². The average molecular weight is 894 g/mol. The minimum absolute atomic E-state index is 0.688. The molecule has 5 nitrogen and oxygen atoms in total. The van der Waals surface area contributed by atoms with Crippen molar-refractivity contribution in [2.24, 2.45) is 0 Å². The van der Waals surface area contributed by atoms with E-state index < -0.39 is 0 Å². The molecule has 13 aromatic rings. The molecule has 0 N–H and O–H groups in total. The average Bonchev–Trinajstić information content (AvgIpc) is 3.98. The quantitative estimate of drug-likeness (QED) is 0.145. The van der Waals surface area contributed by atoms with Gasteiger partial charge in [0.15, 0.2) is 5.82 Å². The molecular formula is C65H43N5. The van der Waals surface area contributed by atoms with Gasteiger partial charge in [-0.05, 0) is 80.9 Å². The number of imidazole rings is 2. The summed E-state index contributed by atoms with van der Waals surface area (Å²) in [7, 11) is 0. The van der Waals surface area contributed by atoms with Crippen molar-refractivity contribution < 1.29 is 0 Å². The van der Waals surface area contributed by atoms with Crippen LogP contribution in [0.15, 0.2) is 261 Å². The van der Waals surface area contributed by atoms with Gasteiger partial charge in [0.1, 0.15) is 0 Å². The molecule has 10 aromatic carbocycles. The molecule has 0 atom stereocenters. The van der Waals surface area contributed by atoms with Gasteiger partial charge in [-0.1, -0.05) is 224 Å². The first kappa shape index (κ1) is 40.8. The van der Waals surface area contributed by atoms with Crippen LogP contribution in [-0.4, -0.2) is 23.9 Å². The third kappa shape index (κ3) is 7.25. The summed E-state index contributed by atoms with van der Waals surface area (Å²) in [6, 6.07) is 92.4. The first-order valence-corrected chi connectivity index (χ1v) is 23.7. The molecule has 0 aliphatic rings. The summed E-state index contributed by atoms with van der Waals surface area (Å²) in [5.41, 5.74) is 21.2. The molecule has 0 aliphatic heterocycles. The molecule has 3 heterocycles. The Morgan fingerprint density at radius 2 is 0.743 bits per heavy atom. The Morgan fingerprint density at radius 1 is 0.257 bits per heavy atom. The molecule has 328 valence electrons. The second-order valence-corrected chi connectivity index (χ2v) is 17.6. The zero-order valence-electron chi connectivity index (χ0n) is 38.1. The lowest BCUT2D eigenvalue weighted by molar-refractivity contribution is 1.11. The number of fused-ring (bicyclic) bond motifs is 5. The van der Waals surface area contributed by atoms with Gasteiger partial charge in [0.25, 0.3) is 0 Å². The van der Waals surface area contributed by atoms with E-state index in [1.807, 2.05) is 24.3 Å². The Hall–Kier alpha value is -9.45. The summed E-state index contributed by atoms with van der Waals surface area (Å²) < 4.78 is 4.75. The molecule has 0 unspecified atom stereocenters. The van der Waals surface area contributed by atoms with Gasteiger partial charge in [-0.15, -0.1) is 0 Å². The molecule has 0 fully saturated rings. The SMILES string of the molecule is c1ccc(-c2ccc3nc4n(-c5c(-c6ccccc6)cccc5-c5ccccc5)c5ccc(-c6ccc(-c7cc(-c8ccccc8)nc(-c8ccccc8)n7)cc6-c6ccccc6)cc5n4c3c2)cc1. The standard InChI is InChI=1S/C65H43N5/c1-7-20-44(21-8-1)50-35-38-57-61(41-50)69-62-42-51(36-39-60(62)70(65(69)68-57)63-54(45-22-9-2-10-23-45)32-19-33-55(63)46-24-11-3-12-25-46)53-37-34-52(40-56(53)47-26-13-4-14-27-47)59-43-58(48-28-15-5-16-29-48)66-64(67-59)49-30-17-6-18-31-49/h1-43H. The number of rotatable bonds is 9. The number of hydrogen-bond donors (Lipinski definition) is 0. The van der Waals surface area contributed by atoms with Crippen LogP contribution in [-0.2, 0) is 0 Å². The maximum Gasteiger partial charge on any atom is 0.220 e. The van der Waals surface area contributed by atoms with Gasteiger partial charge in [0.2, 0.25) is 5.78 Å². The van der Waals surface area contributed by atoms with E-state index in [-0.39, 0.29) is 0 Å². The van der Waals surface area contributed by atoms with Crippen LogP contribution in [0.5, 0.6) is 0 Å². The van der Waals surface area contributed by atoms with Gasteiger partial charge < -0.3 is 0 Å². The van der Waals surface area contributed by atoms with E-state index in [0.717, 1.165) is 117 Å². The summed E-state index contributed by atoms with van der Waals surface area (Å²) in [4.78, 5) is 15.8. The molecule has 13 rings (SSSR count). The lowest BCUT2D eigenvalue weighted by Crippen LogP contribution is -2.01. The Morgan fingerprint density at radius 3 is 1.34 bits per heavy atom. The van der Waals surface area contributed by atoms with Crippen molar-refractivity contribution in [2.75, 3.05) is 0 Å². The summed E-state index contributed by atoms with van der Waals surface area (Å²) in [5.74, 6) is 1.53. The molecule has 0 saturated heterocycles. The molecular weight excluding hydrogens is 851 g/mol. The third-order valence-corrected chi connectivity index (χ3v) is 13.4. The monoisotopic (exact) mass is 893 g/mol. The molecule has 70 heavy (non-hydrogen) atoms. The fourth-order valence-corrected chi connectivity index (χ4v) is 10.0. The van der Waals surface area contributed by atoms with Crippen molar-refractivity contribution in [1.29, 1.82) is 0 Å². The zero-order chi connectivity index (χ0) is 46.4. The lowest BCUT2D eigenvalue weighted by Gasteiger charge is -2.18. The van der Waals surface area contributed by atoms with Gasteiger partial charge in [-0.2, -0.15) is 0 Å². The van der Waals surface area contributed by atoms with Crippen LogP contribution < -0.4 is 0 Å². The second kappa shape index (κ2) is 17.3. The van der Waals surface area contributed by atoms with Gasteiger partial charge in [-0.25, -0.2) is 15.0 Å². The van der Waals surface area contributed by atoms with Crippen LogP contribution in [0.25, 0.3) is 123 Å². The Balaban J connectivity index is 1.07. The lowest BCUT2D eigenvalue weighted by atomic mass is 9.91. The highest BCUT2D eigenvalue weighted by atomic mass is 15.2. The molecule has 0 amide bonds. The van der Waals surface area contributed by atoms with Crippen molar-refractivity contribution in [3.63, 3.8) is 0 Å². The maximum absolute atomic E-state index is 5.52. The van der Waals surface area contributed by atoms with Gasteiger partial charge in [-0.3, -0.25) is 8.97 Å². The van der Waals surface area contributed by atoms with Crippen molar-refractivity contribution in [2.45, 2.75) is 0 Å². The van der Waals surface area contributed by atoms with Crippen LogP contribution in [0.1, 0.15) is 0 Å². The van der Waals surface area contributed by atoms with Gasteiger partial charge in [0, 0.05) is 27.8 Å². The van der Waals surface area contributed by atoms with Crippen LogP contribution in [0.2, 0.25) is 0 Å². The molecule has 0 saturated carbocycles. The minimum atomic E-state index is 0.688. The van der Waals surface area contributed by atoms with Crippen molar-refractivity contribution in [1.82, 2.24) is 23.9 Å². The third-order valence-electron chi connectivity index (χ3n) is 13.4. The molecule has 0 spiro atoms. The minimum Gasteiger partial charge on any atom is -0.277 e. The number of benzene rings is 10. The fourth-order valence-electron chi connectivity index (χ4n) is 10.0. The number of hydrogen-bond acceptors (Lipinski definition) is 3. The van der Waals surface area contributed by atoms with E-state index in [1.165, 1.54) is 0 Å². The predicted molar refractivity (Wildman–Crippen MR) is 289 cm³/mol. The van der Waals surface area contributed by atoms with Gasteiger partial charge >= 0.3 is 0 Å². The van der Waals surface area contributed by atoms with E-state index >= 15 is 0 Å². The Labute approximate surface area is 406 Å². The summed E-state index contributed by atoms with van der Waals surface area (Å²) in [6.07, 6.45) is 0. The molecule has 0 bridgehead atoms. The topological polar surface area (TPSA) is 48.0 Å². The van der Waals surface area contributed by atoms with Crippen LogP contribution in [0, 0.1) is 0 Å². The van der Waals surface area contributed by atoms with Gasteiger partial charge in [0.05, 0.1) is 39.1 Å². The van der Waals surface area contributed by atoms with E-state index in [4.69, 9.17) is 15.0 Å². The van der Waals surface area contributed by atoms with E-state index in [9.17, 15) is 0 Å². The largest absolute Gasteiger partial charge is 0.277 e. The molecule has 5 heteroatoms. The number of aromatic nitrogens is 5. The maximum atomic E-state index is 5.52. The van der Waals surface area contributed by atoms with E-state index in [2.05, 4.69) is 246 Å². The highest BCUT2D eigenvalue weighted by Crippen LogP contribution is 2.43. The van der Waals surface area contributed by atoms with E-state index in [1.54, 1.807) is 0 Å².